The van der Waals surface area contributed by atoms with Crippen LogP contribution in [0, 0.1) is 45.3 Å². The maximum absolute atomic E-state index is 9.09. The summed E-state index contributed by atoms with van der Waals surface area (Å²) in [5, 5.41) is 37.6. The normalized spacial score (nSPS) is 21.7. The summed E-state index contributed by atoms with van der Waals surface area (Å²) in [6, 6.07) is 7.95. The fourth-order valence-corrected chi connectivity index (χ4v) is 3.90. The van der Waals surface area contributed by atoms with Gasteiger partial charge in [-0.15, -0.1) is 0 Å². The lowest BCUT2D eigenvalue weighted by Gasteiger charge is -2.19. The molecule has 0 aromatic rings. The molecule has 2 heterocycles. The van der Waals surface area contributed by atoms with E-state index in [1.807, 2.05) is 24.3 Å². The number of allylic oxidation sites excluding steroid dienone is 4. The van der Waals surface area contributed by atoms with Gasteiger partial charge in [0.1, 0.15) is 55.5 Å². The molecule has 0 bridgehead atoms. The number of nitrogens with zero attached hydrogens (tertiary/aromatic N) is 6. The van der Waals surface area contributed by atoms with E-state index < -0.39 is 0 Å². The summed E-state index contributed by atoms with van der Waals surface area (Å²) < 4.78 is 0. The van der Waals surface area contributed by atoms with Crippen LogP contribution in [0.1, 0.15) is 0 Å². The topological polar surface area (TPSA) is 102 Å². The Balaban J connectivity index is 2.48. The molecule has 0 radical (unpaired) electrons. The highest BCUT2D eigenvalue weighted by Gasteiger charge is 2.35. The number of hydrogen-bond acceptors (Lipinski definition) is 8. The van der Waals surface area contributed by atoms with E-state index >= 15 is 0 Å². The van der Waals surface area contributed by atoms with Gasteiger partial charge in [-0.1, -0.05) is 23.5 Å². The highest BCUT2D eigenvalue weighted by atomic mass is 32.2. The Bertz CT molecular complexity index is 683. The van der Waals surface area contributed by atoms with Crippen molar-refractivity contribution in [1.29, 1.82) is 21.0 Å². The summed E-state index contributed by atoms with van der Waals surface area (Å²) in [6.45, 7) is 0. The summed E-state index contributed by atoms with van der Waals surface area (Å²) >= 11 is 2.34. The summed E-state index contributed by atoms with van der Waals surface area (Å²) in [5.74, 6) is 0. The maximum Gasteiger partial charge on any atom is 0.145 e. The molecule has 2 aliphatic heterocycles. The Kier molecular flexibility index (Phi) is 3.63. The molecule has 0 saturated carbocycles. The van der Waals surface area contributed by atoms with Crippen LogP contribution >= 0.6 is 23.5 Å². The van der Waals surface area contributed by atoms with Gasteiger partial charge in [-0.3, -0.25) is 0 Å². The molecule has 6 nitrogen and oxygen atoms in total. The molecule has 0 saturated heterocycles. The quantitative estimate of drug-likeness (QED) is 0.669. The van der Waals surface area contributed by atoms with Crippen molar-refractivity contribution in [3.05, 3.63) is 31.3 Å². The molecule has 0 amide bonds. The van der Waals surface area contributed by atoms with E-state index in [1.54, 1.807) is 23.9 Å². The molecule has 2 rings (SSSR count). The molecule has 0 atom stereocenters. The van der Waals surface area contributed by atoms with E-state index in [1.165, 1.54) is 23.5 Å². The number of rotatable bonds is 0. The van der Waals surface area contributed by atoms with Gasteiger partial charge in [0, 0.05) is 14.1 Å². The molecule has 96 valence electrons. The fraction of sp³-hybridized carbons (Fsp3) is 0.167. The average Bonchev–Trinajstić information content (AvgIpc) is 2.95. The Labute approximate surface area is 124 Å². The largest absolute Gasteiger partial charge is 0.327 e. The van der Waals surface area contributed by atoms with E-state index in [0.29, 0.717) is 19.9 Å². The Hall–Kier alpha value is -2.52. The molecule has 0 N–H and O–H groups in total. The van der Waals surface area contributed by atoms with Crippen LogP contribution < -0.4 is 0 Å². The summed E-state index contributed by atoms with van der Waals surface area (Å²) in [5.41, 5.74) is 0.552. The average molecular weight is 298 g/mol. The Morgan fingerprint density at radius 1 is 0.700 bits per heavy atom. The molecular weight excluding hydrogens is 292 g/mol. The molecule has 2 aliphatic rings. The second-order valence-corrected chi connectivity index (χ2v) is 5.73. The van der Waals surface area contributed by atoms with Crippen molar-refractivity contribution >= 4 is 23.5 Å². The van der Waals surface area contributed by atoms with Crippen molar-refractivity contribution in [1.82, 2.24) is 9.80 Å². The van der Waals surface area contributed by atoms with Crippen molar-refractivity contribution in [2.24, 2.45) is 0 Å². The van der Waals surface area contributed by atoms with Gasteiger partial charge >= 0.3 is 0 Å². The van der Waals surface area contributed by atoms with Gasteiger partial charge in [0.15, 0.2) is 0 Å². The van der Waals surface area contributed by atoms with Gasteiger partial charge in [-0.2, -0.15) is 21.0 Å². The minimum absolute atomic E-state index is 0.276. The third-order valence-electron chi connectivity index (χ3n) is 2.71. The van der Waals surface area contributed by atoms with Crippen LogP contribution in [0.25, 0.3) is 0 Å². The third-order valence-corrected chi connectivity index (χ3v) is 5.13. The summed E-state index contributed by atoms with van der Waals surface area (Å²) in [4.78, 5) is 3.85. The SMILES string of the molecule is CN1C(C#N)=C(C#N)S/C1=C1\SC(C#N)=C(C#N)N1C. The van der Waals surface area contributed by atoms with Crippen LogP contribution in [0.15, 0.2) is 31.3 Å². The molecule has 0 aromatic carbocycles. The lowest BCUT2D eigenvalue weighted by atomic mass is 10.4. The minimum Gasteiger partial charge on any atom is -0.327 e. The zero-order valence-electron chi connectivity index (χ0n) is 10.5. The van der Waals surface area contributed by atoms with Crippen LogP contribution in [0.4, 0.5) is 0 Å². The monoisotopic (exact) mass is 298 g/mol. The van der Waals surface area contributed by atoms with Gasteiger partial charge in [-0.05, 0) is 0 Å². The maximum atomic E-state index is 9.09. The van der Waals surface area contributed by atoms with E-state index in [9.17, 15) is 0 Å². The zero-order chi connectivity index (χ0) is 14.9. The van der Waals surface area contributed by atoms with Crippen molar-refractivity contribution in [2.45, 2.75) is 0 Å². The lowest BCUT2D eigenvalue weighted by Crippen LogP contribution is -2.17. The highest BCUT2D eigenvalue weighted by Crippen LogP contribution is 2.49. The second-order valence-electron chi connectivity index (χ2n) is 3.74. The molecule has 0 aromatic heterocycles. The summed E-state index contributed by atoms with van der Waals surface area (Å²) in [6.07, 6.45) is 0. The van der Waals surface area contributed by atoms with Crippen LogP contribution in [0.5, 0.6) is 0 Å². The fourth-order valence-electron chi connectivity index (χ4n) is 1.71. The highest BCUT2D eigenvalue weighted by molar-refractivity contribution is 8.10. The number of nitriles is 4. The van der Waals surface area contributed by atoms with Crippen LogP contribution in [0.3, 0.4) is 0 Å². The van der Waals surface area contributed by atoms with Gasteiger partial charge < -0.3 is 9.80 Å². The predicted octanol–water partition coefficient (Wildman–Crippen LogP) is 1.99. The standard InChI is InChI=1S/C12H6N6S2/c1-17-7(3-13)9(5-15)19-11(17)12-18(2)8(4-14)10(6-16)20-12/h1-2H3/b12-11-. The molecule has 8 heteroatoms. The van der Waals surface area contributed by atoms with E-state index in [-0.39, 0.29) is 11.4 Å². The Morgan fingerprint density at radius 3 is 1.25 bits per heavy atom. The third kappa shape index (κ3) is 1.89. The molecule has 0 fully saturated rings. The lowest BCUT2D eigenvalue weighted by molar-refractivity contribution is 0.529. The van der Waals surface area contributed by atoms with Gasteiger partial charge in [0.25, 0.3) is 0 Å². The van der Waals surface area contributed by atoms with Crippen molar-refractivity contribution in [2.75, 3.05) is 14.1 Å². The first-order chi connectivity index (χ1) is 9.58. The predicted molar refractivity (Wildman–Crippen MR) is 74.2 cm³/mol. The molecule has 20 heavy (non-hydrogen) atoms. The smallest absolute Gasteiger partial charge is 0.145 e. The van der Waals surface area contributed by atoms with Crippen LogP contribution in [0.2, 0.25) is 0 Å². The molecule has 0 spiro atoms. The van der Waals surface area contributed by atoms with Gasteiger partial charge in [0.2, 0.25) is 0 Å². The van der Waals surface area contributed by atoms with E-state index in [0.717, 1.165) is 0 Å². The van der Waals surface area contributed by atoms with Gasteiger partial charge in [-0.25, -0.2) is 0 Å². The molecule has 0 aliphatic carbocycles. The van der Waals surface area contributed by atoms with Crippen molar-refractivity contribution in [3.8, 4) is 24.3 Å². The first-order valence-corrected chi connectivity index (χ1v) is 6.88. The van der Waals surface area contributed by atoms with E-state index in [2.05, 4.69) is 0 Å². The van der Waals surface area contributed by atoms with Gasteiger partial charge in [0.05, 0.1) is 0 Å². The Morgan fingerprint density at radius 2 is 1.05 bits per heavy atom. The van der Waals surface area contributed by atoms with Crippen molar-refractivity contribution < 1.29 is 0 Å². The second kappa shape index (κ2) is 5.23. The summed E-state index contributed by atoms with van der Waals surface area (Å²) in [7, 11) is 3.37. The van der Waals surface area contributed by atoms with Crippen LogP contribution in [-0.4, -0.2) is 23.9 Å². The number of thioether (sulfide) groups is 2. The first-order valence-electron chi connectivity index (χ1n) is 5.25. The van der Waals surface area contributed by atoms with E-state index in [4.69, 9.17) is 21.0 Å². The first kappa shape index (κ1) is 13.9. The van der Waals surface area contributed by atoms with Crippen molar-refractivity contribution in [3.63, 3.8) is 0 Å². The van der Waals surface area contributed by atoms with Crippen LogP contribution in [-0.2, 0) is 0 Å². The number of hydrogen-bond donors (Lipinski definition) is 0. The minimum atomic E-state index is 0.276. The zero-order valence-corrected chi connectivity index (χ0v) is 12.1. The molecule has 0 unspecified atom stereocenters. The molecular formula is C12H6N6S2.